The number of hydrogen-bond donors (Lipinski definition) is 2. The summed E-state index contributed by atoms with van der Waals surface area (Å²) in [6.07, 6.45) is 4.71. The Bertz CT molecular complexity index is 774. The van der Waals surface area contributed by atoms with Crippen molar-refractivity contribution in [2.24, 2.45) is 4.99 Å². The number of carbonyl (C=O) groups excluding carboxylic acids is 2. The molecule has 0 atom stereocenters. The van der Waals surface area contributed by atoms with E-state index in [1.807, 2.05) is 0 Å². The predicted molar refractivity (Wildman–Crippen MR) is 84.0 cm³/mol. The van der Waals surface area contributed by atoms with Crippen LogP contribution in [0.3, 0.4) is 0 Å². The van der Waals surface area contributed by atoms with Gasteiger partial charge in [-0.2, -0.15) is 5.10 Å². The maximum absolute atomic E-state index is 12.2. The first-order chi connectivity index (χ1) is 10.6. The Morgan fingerprint density at radius 3 is 2.77 bits per heavy atom. The molecule has 0 fully saturated rings. The molecule has 1 aromatic heterocycles. The zero-order chi connectivity index (χ0) is 16.1. The van der Waals surface area contributed by atoms with Gasteiger partial charge < -0.3 is 10.1 Å². The highest BCUT2D eigenvalue weighted by Gasteiger charge is 2.17. The number of carbonyl (C=O) groups is 2. The minimum atomic E-state index is -0.548. The summed E-state index contributed by atoms with van der Waals surface area (Å²) in [4.78, 5) is 28.1. The van der Waals surface area contributed by atoms with E-state index in [0.717, 1.165) is 5.39 Å². The highest BCUT2D eigenvalue weighted by Crippen LogP contribution is 2.24. The molecule has 1 aromatic carbocycles. The van der Waals surface area contributed by atoms with Crippen LogP contribution in [0, 0.1) is 0 Å². The van der Waals surface area contributed by atoms with Crippen LogP contribution in [0.5, 0.6) is 0 Å². The third-order valence-corrected chi connectivity index (χ3v) is 3.01. The highest BCUT2D eigenvalue weighted by molar-refractivity contribution is 6.09. The van der Waals surface area contributed by atoms with E-state index in [1.54, 1.807) is 38.3 Å². The van der Waals surface area contributed by atoms with Crippen LogP contribution in [0.2, 0.25) is 0 Å². The lowest BCUT2D eigenvalue weighted by Gasteiger charge is -2.10. The van der Waals surface area contributed by atoms with Crippen molar-refractivity contribution in [1.29, 1.82) is 0 Å². The molecule has 2 N–H and O–H groups in total. The smallest absolute Gasteiger partial charge is 0.340 e. The maximum Gasteiger partial charge on any atom is 0.340 e. The number of aliphatic imine (C=N–C) groups is 1. The van der Waals surface area contributed by atoms with Crippen molar-refractivity contribution in [3.05, 3.63) is 35.7 Å². The summed E-state index contributed by atoms with van der Waals surface area (Å²) < 4.78 is 4.75. The van der Waals surface area contributed by atoms with Gasteiger partial charge in [-0.1, -0.05) is 6.08 Å². The number of allylic oxidation sites excluding steroid dienone is 1. The van der Waals surface area contributed by atoms with Crippen molar-refractivity contribution in [3.63, 3.8) is 0 Å². The van der Waals surface area contributed by atoms with Crippen molar-refractivity contribution in [2.75, 3.05) is 12.4 Å². The summed E-state index contributed by atoms with van der Waals surface area (Å²) in [5.74, 6) is -0.957. The molecule has 0 saturated heterocycles. The molecule has 2 rings (SSSR count). The Morgan fingerprint density at radius 2 is 2.14 bits per heavy atom. The van der Waals surface area contributed by atoms with Crippen LogP contribution >= 0.6 is 0 Å². The number of aromatic amines is 1. The lowest BCUT2D eigenvalue weighted by atomic mass is 10.1. The molecule has 7 nitrogen and oxygen atoms in total. The van der Waals surface area contributed by atoms with Crippen LogP contribution in [-0.4, -0.2) is 35.4 Å². The van der Waals surface area contributed by atoms with E-state index < -0.39 is 11.9 Å². The molecule has 1 heterocycles. The van der Waals surface area contributed by atoms with Crippen molar-refractivity contribution < 1.29 is 14.3 Å². The standard InChI is InChI=1S/C15H16N4O3/c1-4-11(16-5-2)14(20)18-13-6-9-8-17-19-12(9)7-10(13)15(21)22-3/h4-8H,1-3H3,(H,17,19)(H,18,20)/b11-4-,16-5?. The van der Waals surface area contributed by atoms with Gasteiger partial charge in [-0.05, 0) is 26.0 Å². The molecular weight excluding hydrogens is 284 g/mol. The Labute approximate surface area is 127 Å². The van der Waals surface area contributed by atoms with Crippen LogP contribution in [-0.2, 0) is 9.53 Å². The molecule has 0 aliphatic heterocycles. The van der Waals surface area contributed by atoms with Gasteiger partial charge in [0.2, 0.25) is 0 Å². The fourth-order valence-corrected chi connectivity index (χ4v) is 1.96. The predicted octanol–water partition coefficient (Wildman–Crippen LogP) is 2.28. The van der Waals surface area contributed by atoms with Gasteiger partial charge in [0.15, 0.2) is 0 Å². The van der Waals surface area contributed by atoms with Crippen molar-refractivity contribution in [3.8, 4) is 0 Å². The third kappa shape index (κ3) is 3.03. The highest BCUT2D eigenvalue weighted by atomic mass is 16.5. The third-order valence-electron chi connectivity index (χ3n) is 3.01. The second-order valence-electron chi connectivity index (χ2n) is 4.36. The molecule has 0 bridgehead atoms. The molecule has 0 aliphatic rings. The number of methoxy groups -OCH3 is 1. The number of ether oxygens (including phenoxy) is 1. The first kappa shape index (κ1) is 15.4. The number of anilines is 1. The Balaban J connectivity index is 2.44. The van der Waals surface area contributed by atoms with Crippen LogP contribution in [0.1, 0.15) is 24.2 Å². The average Bonchev–Trinajstić information content (AvgIpc) is 2.98. The normalized spacial score (nSPS) is 11.9. The number of aromatic nitrogens is 2. The number of H-pyrrole nitrogens is 1. The van der Waals surface area contributed by atoms with Gasteiger partial charge >= 0.3 is 5.97 Å². The van der Waals surface area contributed by atoms with Crippen LogP contribution in [0.25, 0.3) is 10.9 Å². The maximum atomic E-state index is 12.2. The number of benzene rings is 1. The summed E-state index contributed by atoms with van der Waals surface area (Å²) in [7, 11) is 1.28. The second kappa shape index (κ2) is 6.66. The summed E-state index contributed by atoms with van der Waals surface area (Å²) in [5, 5.41) is 10.1. The van der Waals surface area contributed by atoms with Crippen molar-refractivity contribution in [1.82, 2.24) is 10.2 Å². The number of esters is 1. The molecule has 0 saturated carbocycles. The van der Waals surface area contributed by atoms with E-state index in [9.17, 15) is 9.59 Å². The van der Waals surface area contributed by atoms with E-state index in [0.29, 0.717) is 11.2 Å². The lowest BCUT2D eigenvalue weighted by Crippen LogP contribution is -2.16. The van der Waals surface area contributed by atoms with E-state index in [1.165, 1.54) is 13.3 Å². The molecule has 7 heteroatoms. The zero-order valence-corrected chi connectivity index (χ0v) is 12.5. The molecule has 1 amide bonds. The average molecular weight is 300 g/mol. The Kier molecular flexibility index (Phi) is 4.67. The summed E-state index contributed by atoms with van der Waals surface area (Å²) in [6.45, 7) is 3.43. The van der Waals surface area contributed by atoms with Gasteiger partial charge in [0.1, 0.15) is 5.70 Å². The molecule has 0 unspecified atom stereocenters. The van der Waals surface area contributed by atoms with Gasteiger partial charge in [-0.3, -0.25) is 14.9 Å². The molecule has 0 radical (unpaired) electrons. The lowest BCUT2D eigenvalue weighted by molar-refractivity contribution is -0.112. The fraction of sp³-hybridized carbons (Fsp3) is 0.200. The van der Waals surface area contributed by atoms with Gasteiger partial charge in [0.05, 0.1) is 30.1 Å². The number of fused-ring (bicyclic) bond motifs is 1. The van der Waals surface area contributed by atoms with Gasteiger partial charge in [-0.15, -0.1) is 0 Å². The molecule has 2 aromatic rings. The quantitative estimate of drug-likeness (QED) is 0.514. The number of nitrogens with one attached hydrogen (secondary N) is 2. The molecule has 114 valence electrons. The van der Waals surface area contributed by atoms with E-state index in [-0.39, 0.29) is 11.3 Å². The monoisotopic (exact) mass is 300 g/mol. The van der Waals surface area contributed by atoms with E-state index in [2.05, 4.69) is 20.5 Å². The Morgan fingerprint density at radius 1 is 1.36 bits per heavy atom. The van der Waals surface area contributed by atoms with Gasteiger partial charge in [0, 0.05) is 11.6 Å². The number of hydrogen-bond acceptors (Lipinski definition) is 5. The first-order valence-corrected chi connectivity index (χ1v) is 6.62. The van der Waals surface area contributed by atoms with Crippen LogP contribution in [0.4, 0.5) is 5.69 Å². The van der Waals surface area contributed by atoms with Crippen molar-refractivity contribution in [2.45, 2.75) is 13.8 Å². The summed E-state index contributed by atoms with van der Waals surface area (Å²) in [6, 6.07) is 3.24. The second-order valence-corrected chi connectivity index (χ2v) is 4.36. The molecule has 0 spiro atoms. The van der Waals surface area contributed by atoms with Crippen LogP contribution in [0.15, 0.2) is 35.1 Å². The van der Waals surface area contributed by atoms with Crippen molar-refractivity contribution >= 4 is 34.7 Å². The molecular formula is C15H16N4O3. The van der Waals surface area contributed by atoms with Gasteiger partial charge in [-0.25, -0.2) is 4.79 Å². The molecule has 0 aliphatic carbocycles. The van der Waals surface area contributed by atoms with Crippen LogP contribution < -0.4 is 5.32 Å². The zero-order valence-electron chi connectivity index (χ0n) is 12.5. The molecule has 22 heavy (non-hydrogen) atoms. The number of amides is 1. The van der Waals surface area contributed by atoms with E-state index >= 15 is 0 Å². The topological polar surface area (TPSA) is 96.4 Å². The van der Waals surface area contributed by atoms with E-state index in [4.69, 9.17) is 4.74 Å². The largest absolute Gasteiger partial charge is 0.465 e. The Hall–Kier alpha value is -2.96. The first-order valence-electron chi connectivity index (χ1n) is 6.62. The SMILES string of the molecule is CC=N/C(=C\C)C(=O)Nc1cc2cn[nH]c2cc1C(=O)OC. The summed E-state index contributed by atoms with van der Waals surface area (Å²) >= 11 is 0. The summed E-state index contributed by atoms with van der Waals surface area (Å²) in [5.41, 5.74) is 1.52. The fourth-order valence-electron chi connectivity index (χ4n) is 1.96. The minimum absolute atomic E-state index is 0.239. The van der Waals surface area contributed by atoms with Gasteiger partial charge in [0.25, 0.3) is 5.91 Å². The minimum Gasteiger partial charge on any atom is -0.465 e. The number of nitrogens with zero attached hydrogens (tertiary/aromatic N) is 2. The number of rotatable bonds is 4.